The van der Waals surface area contributed by atoms with Crippen molar-refractivity contribution in [1.29, 1.82) is 0 Å². The third-order valence-electron chi connectivity index (χ3n) is 5.53. The van der Waals surface area contributed by atoms with Gasteiger partial charge < -0.3 is 18.9 Å². The molecule has 0 saturated heterocycles. The van der Waals surface area contributed by atoms with E-state index in [4.69, 9.17) is 30.5 Å². The van der Waals surface area contributed by atoms with E-state index in [-0.39, 0.29) is 0 Å². The van der Waals surface area contributed by atoms with Crippen LogP contribution in [0, 0.1) is 0 Å². The van der Waals surface area contributed by atoms with E-state index in [2.05, 4.69) is 28.7 Å². The molecule has 0 unspecified atom stereocenters. The van der Waals surface area contributed by atoms with Crippen LogP contribution in [-0.4, -0.2) is 33.5 Å². The first-order valence-corrected chi connectivity index (χ1v) is 11.4. The first kappa shape index (κ1) is 24.9. The first-order valence-electron chi connectivity index (χ1n) is 11.1. The highest BCUT2D eigenvalue weighted by atomic mass is 35.5. The molecule has 184 valence electrons. The molecule has 0 aliphatic rings. The third kappa shape index (κ3) is 5.53. The molecule has 0 aliphatic carbocycles. The number of hydrogen-bond acceptors (Lipinski definition) is 6. The molecule has 1 N–H and O–H groups in total. The Kier molecular flexibility index (Phi) is 7.92. The summed E-state index contributed by atoms with van der Waals surface area (Å²) in [5, 5.41) is 6.65. The van der Waals surface area contributed by atoms with Gasteiger partial charge in [-0.15, -0.1) is 0 Å². The second-order valence-corrected chi connectivity index (χ2v) is 8.14. The van der Waals surface area contributed by atoms with Crippen LogP contribution in [0.4, 0.5) is 0 Å². The predicted octanol–water partition coefficient (Wildman–Crippen LogP) is 5.86. The van der Waals surface area contributed by atoms with E-state index in [0.29, 0.717) is 45.8 Å². The Morgan fingerprint density at radius 3 is 2.42 bits per heavy atom. The largest absolute Gasteiger partial charge is 0.493 e. The fourth-order valence-electron chi connectivity index (χ4n) is 3.73. The van der Waals surface area contributed by atoms with E-state index in [1.54, 1.807) is 30.3 Å². The third-order valence-corrected chi connectivity index (χ3v) is 5.81. The Labute approximate surface area is 214 Å². The Hall–Kier alpha value is -4.23. The van der Waals surface area contributed by atoms with Crippen molar-refractivity contribution in [3.05, 3.63) is 94.5 Å². The van der Waals surface area contributed by atoms with Crippen molar-refractivity contribution >= 4 is 34.5 Å². The van der Waals surface area contributed by atoms with Gasteiger partial charge in [-0.1, -0.05) is 54.1 Å². The number of hydrogen-bond donors (Lipinski definition) is 1. The zero-order valence-electron chi connectivity index (χ0n) is 20.1. The predicted molar refractivity (Wildman–Crippen MR) is 141 cm³/mol. The number of benzene rings is 4. The van der Waals surface area contributed by atoms with Crippen LogP contribution in [-0.2, 0) is 6.61 Å². The van der Waals surface area contributed by atoms with E-state index < -0.39 is 5.91 Å². The summed E-state index contributed by atoms with van der Waals surface area (Å²) in [5.74, 6) is 1.46. The van der Waals surface area contributed by atoms with Gasteiger partial charge in [0.15, 0.2) is 23.0 Å². The van der Waals surface area contributed by atoms with Crippen LogP contribution in [0.5, 0.6) is 23.0 Å². The summed E-state index contributed by atoms with van der Waals surface area (Å²) < 4.78 is 22.0. The second kappa shape index (κ2) is 11.5. The minimum absolute atomic E-state index is 0.326. The van der Waals surface area contributed by atoms with E-state index in [1.165, 1.54) is 27.5 Å². The number of amides is 1. The van der Waals surface area contributed by atoms with Crippen LogP contribution in [0.1, 0.15) is 21.5 Å². The summed E-state index contributed by atoms with van der Waals surface area (Å²) in [6.45, 7) is 0.326. The zero-order chi connectivity index (χ0) is 25.5. The lowest BCUT2D eigenvalue weighted by atomic mass is 10.1. The van der Waals surface area contributed by atoms with Crippen LogP contribution < -0.4 is 24.4 Å². The maximum absolute atomic E-state index is 12.5. The SMILES string of the molecule is COc1ccc(C(=O)N/N=C/c2cc(Cl)c(OCc3cccc4ccccc34)c(OC)c2)cc1OC. The van der Waals surface area contributed by atoms with Gasteiger partial charge in [0.05, 0.1) is 32.6 Å². The van der Waals surface area contributed by atoms with Gasteiger partial charge in [0, 0.05) is 5.56 Å². The topological polar surface area (TPSA) is 78.4 Å². The maximum atomic E-state index is 12.5. The van der Waals surface area contributed by atoms with Crippen molar-refractivity contribution in [2.24, 2.45) is 5.10 Å². The average Bonchev–Trinajstić information content (AvgIpc) is 2.91. The van der Waals surface area contributed by atoms with Crippen molar-refractivity contribution in [2.45, 2.75) is 6.61 Å². The van der Waals surface area contributed by atoms with Gasteiger partial charge in [-0.25, -0.2) is 5.43 Å². The van der Waals surface area contributed by atoms with Crippen LogP contribution in [0.15, 0.2) is 77.9 Å². The number of carbonyl (C=O) groups excluding carboxylic acids is 1. The Morgan fingerprint density at radius 2 is 1.64 bits per heavy atom. The van der Waals surface area contributed by atoms with Crippen LogP contribution >= 0.6 is 11.6 Å². The second-order valence-electron chi connectivity index (χ2n) is 7.73. The molecule has 1 amide bonds. The number of methoxy groups -OCH3 is 3. The molecule has 4 rings (SSSR count). The number of ether oxygens (including phenoxy) is 4. The quantitative estimate of drug-likeness (QED) is 0.228. The molecule has 8 heteroatoms. The first-order chi connectivity index (χ1) is 17.5. The van der Waals surface area contributed by atoms with Crippen LogP contribution in [0.2, 0.25) is 5.02 Å². The van der Waals surface area contributed by atoms with Crippen molar-refractivity contribution in [3.63, 3.8) is 0 Å². The summed E-state index contributed by atoms with van der Waals surface area (Å²) >= 11 is 6.52. The van der Waals surface area contributed by atoms with Crippen molar-refractivity contribution < 1.29 is 23.7 Å². The summed E-state index contributed by atoms with van der Waals surface area (Å²) in [4.78, 5) is 12.5. The Balaban J connectivity index is 1.47. The molecule has 0 aromatic heterocycles. The molecule has 0 fully saturated rings. The summed E-state index contributed by atoms with van der Waals surface area (Å²) in [6.07, 6.45) is 1.47. The highest BCUT2D eigenvalue weighted by molar-refractivity contribution is 6.32. The average molecular weight is 505 g/mol. The number of carbonyl (C=O) groups is 1. The number of halogens is 1. The standard InChI is InChI=1S/C28H25ClN2O5/c1-33-24-12-11-20(15-25(24)34-2)28(32)31-30-16-18-13-23(29)27(26(14-18)35-3)36-17-21-9-6-8-19-7-4-5-10-22(19)21/h4-16H,17H2,1-3H3,(H,31,32)/b30-16+. The minimum Gasteiger partial charge on any atom is -0.493 e. The van der Waals surface area contributed by atoms with Gasteiger partial charge in [-0.3, -0.25) is 4.79 Å². The van der Waals surface area contributed by atoms with E-state index in [1.807, 2.05) is 24.3 Å². The molecular weight excluding hydrogens is 480 g/mol. The van der Waals surface area contributed by atoms with Gasteiger partial charge in [-0.2, -0.15) is 5.10 Å². The monoisotopic (exact) mass is 504 g/mol. The highest BCUT2D eigenvalue weighted by Gasteiger charge is 2.13. The normalized spacial score (nSPS) is 10.9. The Morgan fingerprint density at radius 1 is 0.889 bits per heavy atom. The summed E-state index contributed by atoms with van der Waals surface area (Å²) in [6, 6.07) is 22.5. The van der Waals surface area contributed by atoms with Gasteiger partial charge >= 0.3 is 0 Å². The lowest BCUT2D eigenvalue weighted by Gasteiger charge is -2.14. The fraction of sp³-hybridized carbons (Fsp3) is 0.143. The number of nitrogens with one attached hydrogen (secondary N) is 1. The molecule has 7 nitrogen and oxygen atoms in total. The lowest BCUT2D eigenvalue weighted by molar-refractivity contribution is 0.0954. The number of nitrogens with zero attached hydrogens (tertiary/aromatic N) is 1. The molecule has 4 aromatic carbocycles. The van der Waals surface area contributed by atoms with Crippen LogP contribution in [0.3, 0.4) is 0 Å². The fourth-order valence-corrected chi connectivity index (χ4v) is 4.00. The van der Waals surface area contributed by atoms with Crippen LogP contribution in [0.25, 0.3) is 10.8 Å². The van der Waals surface area contributed by atoms with Crippen molar-refractivity contribution in [3.8, 4) is 23.0 Å². The van der Waals surface area contributed by atoms with E-state index in [0.717, 1.165) is 16.3 Å². The van der Waals surface area contributed by atoms with E-state index in [9.17, 15) is 4.79 Å². The number of fused-ring (bicyclic) bond motifs is 1. The van der Waals surface area contributed by atoms with E-state index >= 15 is 0 Å². The molecular formula is C28H25ClN2O5. The summed E-state index contributed by atoms with van der Waals surface area (Å²) in [5.41, 5.74) is 4.53. The molecule has 0 heterocycles. The van der Waals surface area contributed by atoms with Crippen molar-refractivity contribution in [1.82, 2.24) is 5.43 Å². The molecule has 4 aromatic rings. The molecule has 0 saturated carbocycles. The smallest absolute Gasteiger partial charge is 0.271 e. The molecule has 0 bridgehead atoms. The molecule has 0 radical (unpaired) electrons. The highest BCUT2D eigenvalue weighted by Crippen LogP contribution is 2.37. The number of hydrazone groups is 1. The van der Waals surface area contributed by atoms with Crippen molar-refractivity contribution in [2.75, 3.05) is 21.3 Å². The van der Waals surface area contributed by atoms with Gasteiger partial charge in [0.25, 0.3) is 5.91 Å². The minimum atomic E-state index is -0.402. The lowest BCUT2D eigenvalue weighted by Crippen LogP contribution is -2.17. The zero-order valence-corrected chi connectivity index (χ0v) is 20.8. The van der Waals surface area contributed by atoms with Gasteiger partial charge in [0.2, 0.25) is 0 Å². The number of rotatable bonds is 9. The van der Waals surface area contributed by atoms with Gasteiger partial charge in [0.1, 0.15) is 6.61 Å². The Bertz CT molecular complexity index is 1420. The summed E-state index contributed by atoms with van der Waals surface area (Å²) in [7, 11) is 4.57. The van der Waals surface area contributed by atoms with Gasteiger partial charge in [-0.05, 0) is 52.2 Å². The molecule has 0 aliphatic heterocycles. The molecule has 36 heavy (non-hydrogen) atoms. The maximum Gasteiger partial charge on any atom is 0.271 e. The molecule has 0 atom stereocenters. The molecule has 0 spiro atoms.